The summed E-state index contributed by atoms with van der Waals surface area (Å²) in [5.74, 6) is -0.661. The molecular formula is C11H14N4O4. The van der Waals surface area contributed by atoms with Crippen molar-refractivity contribution in [2.24, 2.45) is 0 Å². The summed E-state index contributed by atoms with van der Waals surface area (Å²) in [6, 6.07) is 3.82. The summed E-state index contributed by atoms with van der Waals surface area (Å²) in [4.78, 5) is 32.3. The van der Waals surface area contributed by atoms with E-state index in [2.05, 4.69) is 10.6 Å². The number of rotatable bonds is 5. The Kier molecular flexibility index (Phi) is 4.81. The number of hydrogen-bond donors (Lipinski definition) is 3. The molecule has 4 N–H and O–H groups in total. The van der Waals surface area contributed by atoms with Crippen LogP contribution >= 0.6 is 0 Å². The van der Waals surface area contributed by atoms with E-state index in [1.165, 1.54) is 19.1 Å². The normalized spacial score (nSPS) is 9.74. The Morgan fingerprint density at radius 3 is 2.53 bits per heavy atom. The Hall–Kier alpha value is -2.64. The summed E-state index contributed by atoms with van der Waals surface area (Å²) in [7, 11) is 0. The molecule has 0 spiro atoms. The summed E-state index contributed by atoms with van der Waals surface area (Å²) in [5, 5.41) is 15.7. The number of nitrogen functional groups attached to an aromatic ring is 1. The van der Waals surface area contributed by atoms with Gasteiger partial charge in [-0.25, -0.2) is 0 Å². The molecule has 19 heavy (non-hydrogen) atoms. The van der Waals surface area contributed by atoms with Crippen LogP contribution in [-0.2, 0) is 4.79 Å². The highest BCUT2D eigenvalue weighted by molar-refractivity contribution is 5.95. The molecule has 1 rings (SSSR count). The highest BCUT2D eigenvalue weighted by atomic mass is 16.6. The van der Waals surface area contributed by atoms with Gasteiger partial charge in [0.1, 0.15) is 5.69 Å². The van der Waals surface area contributed by atoms with Gasteiger partial charge in [0.05, 0.1) is 4.92 Å². The van der Waals surface area contributed by atoms with Crippen LogP contribution in [-0.4, -0.2) is 29.8 Å². The molecule has 0 aromatic heterocycles. The molecule has 1 aromatic rings. The molecule has 0 aliphatic carbocycles. The van der Waals surface area contributed by atoms with Gasteiger partial charge in [0.2, 0.25) is 5.91 Å². The summed E-state index contributed by atoms with van der Waals surface area (Å²) < 4.78 is 0. The van der Waals surface area contributed by atoms with E-state index in [1.54, 1.807) is 0 Å². The van der Waals surface area contributed by atoms with Gasteiger partial charge >= 0.3 is 0 Å². The van der Waals surface area contributed by atoms with Crippen molar-refractivity contribution in [3.8, 4) is 0 Å². The molecule has 0 bridgehead atoms. The van der Waals surface area contributed by atoms with Crippen molar-refractivity contribution in [2.75, 3.05) is 18.8 Å². The van der Waals surface area contributed by atoms with Crippen LogP contribution in [0.5, 0.6) is 0 Å². The summed E-state index contributed by atoms with van der Waals surface area (Å²) >= 11 is 0. The highest BCUT2D eigenvalue weighted by Gasteiger charge is 2.15. The lowest BCUT2D eigenvalue weighted by molar-refractivity contribution is -0.383. The molecule has 0 heterocycles. The standard InChI is InChI=1S/C11H14N4O4/c1-7(16)13-4-5-14-11(17)8-2-3-9(12)10(6-8)15(18)19/h2-3,6H,4-5,12H2,1H3,(H,13,16)(H,14,17). The molecule has 0 aliphatic rings. The highest BCUT2D eigenvalue weighted by Crippen LogP contribution is 2.22. The number of nitro benzene ring substituents is 1. The third-order valence-corrected chi connectivity index (χ3v) is 2.27. The third-order valence-electron chi connectivity index (χ3n) is 2.27. The molecule has 0 aliphatic heterocycles. The van der Waals surface area contributed by atoms with Crippen molar-refractivity contribution < 1.29 is 14.5 Å². The molecule has 0 saturated heterocycles. The van der Waals surface area contributed by atoms with Crippen LogP contribution in [0.2, 0.25) is 0 Å². The van der Waals surface area contributed by atoms with Gasteiger partial charge in [-0.2, -0.15) is 0 Å². The maximum atomic E-state index is 11.7. The minimum absolute atomic E-state index is 0.000189. The predicted molar refractivity (Wildman–Crippen MR) is 68.5 cm³/mol. The SMILES string of the molecule is CC(=O)NCCNC(=O)c1ccc(N)c([N+](=O)[O-])c1. The number of anilines is 1. The van der Waals surface area contributed by atoms with Gasteiger partial charge in [0.25, 0.3) is 11.6 Å². The first-order chi connectivity index (χ1) is 8.91. The van der Waals surface area contributed by atoms with Crippen LogP contribution in [0.15, 0.2) is 18.2 Å². The summed E-state index contributed by atoms with van der Waals surface area (Å²) in [6.07, 6.45) is 0. The van der Waals surface area contributed by atoms with Crippen LogP contribution in [0, 0.1) is 10.1 Å². The van der Waals surface area contributed by atoms with E-state index < -0.39 is 10.8 Å². The van der Waals surface area contributed by atoms with E-state index in [-0.39, 0.29) is 35.9 Å². The second-order valence-corrected chi connectivity index (χ2v) is 3.77. The second kappa shape index (κ2) is 6.34. The van der Waals surface area contributed by atoms with Crippen LogP contribution in [0.1, 0.15) is 17.3 Å². The van der Waals surface area contributed by atoms with Crippen molar-refractivity contribution in [3.63, 3.8) is 0 Å². The minimum Gasteiger partial charge on any atom is -0.393 e. The number of carbonyl (C=O) groups excluding carboxylic acids is 2. The molecule has 0 unspecified atom stereocenters. The number of hydrogen-bond acceptors (Lipinski definition) is 5. The van der Waals surface area contributed by atoms with E-state index >= 15 is 0 Å². The minimum atomic E-state index is -0.649. The molecule has 2 amide bonds. The fraction of sp³-hybridized carbons (Fsp3) is 0.273. The molecule has 0 saturated carbocycles. The summed E-state index contributed by atoms with van der Waals surface area (Å²) in [5.41, 5.74) is 5.26. The number of nitrogens with two attached hydrogens (primary N) is 1. The first kappa shape index (κ1) is 14.4. The number of carbonyl (C=O) groups is 2. The van der Waals surface area contributed by atoms with Gasteiger partial charge in [-0.1, -0.05) is 0 Å². The number of amides is 2. The van der Waals surface area contributed by atoms with Crippen LogP contribution in [0.4, 0.5) is 11.4 Å². The Balaban J connectivity index is 2.65. The molecule has 8 nitrogen and oxygen atoms in total. The van der Waals surface area contributed by atoms with Crippen molar-refractivity contribution >= 4 is 23.2 Å². The number of nitrogens with one attached hydrogen (secondary N) is 2. The lowest BCUT2D eigenvalue weighted by Gasteiger charge is -2.06. The lowest BCUT2D eigenvalue weighted by Crippen LogP contribution is -2.33. The molecule has 0 atom stereocenters. The monoisotopic (exact) mass is 266 g/mol. The smallest absolute Gasteiger partial charge is 0.292 e. The van der Waals surface area contributed by atoms with E-state index in [1.807, 2.05) is 0 Å². The molecule has 0 fully saturated rings. The predicted octanol–water partition coefficient (Wildman–Crippen LogP) is 0.0429. The van der Waals surface area contributed by atoms with Gasteiger partial charge in [0.15, 0.2) is 0 Å². The molecule has 1 aromatic carbocycles. The fourth-order valence-corrected chi connectivity index (χ4v) is 1.36. The molecule has 102 valence electrons. The second-order valence-electron chi connectivity index (χ2n) is 3.77. The van der Waals surface area contributed by atoms with E-state index in [0.717, 1.165) is 6.07 Å². The first-order valence-electron chi connectivity index (χ1n) is 5.48. The Bertz CT molecular complexity index is 515. The average molecular weight is 266 g/mol. The first-order valence-corrected chi connectivity index (χ1v) is 5.48. The van der Waals surface area contributed by atoms with Gasteiger partial charge in [0, 0.05) is 31.6 Å². The molecule has 8 heteroatoms. The lowest BCUT2D eigenvalue weighted by atomic mass is 10.1. The topological polar surface area (TPSA) is 127 Å². The largest absolute Gasteiger partial charge is 0.393 e. The van der Waals surface area contributed by atoms with Crippen molar-refractivity contribution in [1.29, 1.82) is 0 Å². The maximum Gasteiger partial charge on any atom is 0.292 e. The number of benzene rings is 1. The van der Waals surface area contributed by atoms with Gasteiger partial charge in [-0.05, 0) is 12.1 Å². The average Bonchev–Trinajstić information content (AvgIpc) is 2.34. The Morgan fingerprint density at radius 1 is 1.32 bits per heavy atom. The van der Waals surface area contributed by atoms with Gasteiger partial charge in [-0.15, -0.1) is 0 Å². The zero-order valence-electron chi connectivity index (χ0n) is 10.3. The Morgan fingerprint density at radius 2 is 1.95 bits per heavy atom. The van der Waals surface area contributed by atoms with Crippen LogP contribution in [0.25, 0.3) is 0 Å². The zero-order valence-corrected chi connectivity index (χ0v) is 10.3. The fourth-order valence-electron chi connectivity index (χ4n) is 1.36. The Labute approximate surface area is 109 Å². The van der Waals surface area contributed by atoms with Crippen molar-refractivity contribution in [3.05, 3.63) is 33.9 Å². The van der Waals surface area contributed by atoms with Gasteiger partial charge in [-0.3, -0.25) is 19.7 Å². The zero-order chi connectivity index (χ0) is 14.4. The van der Waals surface area contributed by atoms with Gasteiger partial charge < -0.3 is 16.4 Å². The van der Waals surface area contributed by atoms with Crippen LogP contribution in [0.3, 0.4) is 0 Å². The molecular weight excluding hydrogens is 252 g/mol. The van der Waals surface area contributed by atoms with E-state index in [0.29, 0.717) is 0 Å². The third kappa shape index (κ3) is 4.26. The van der Waals surface area contributed by atoms with Crippen LogP contribution < -0.4 is 16.4 Å². The summed E-state index contributed by atoms with van der Waals surface area (Å²) in [6.45, 7) is 1.89. The van der Waals surface area contributed by atoms with Crippen molar-refractivity contribution in [1.82, 2.24) is 10.6 Å². The number of nitro groups is 1. The quantitative estimate of drug-likeness (QED) is 0.300. The van der Waals surface area contributed by atoms with E-state index in [4.69, 9.17) is 5.73 Å². The maximum absolute atomic E-state index is 11.7. The van der Waals surface area contributed by atoms with Crippen molar-refractivity contribution in [2.45, 2.75) is 6.92 Å². The number of nitrogens with zero attached hydrogens (tertiary/aromatic N) is 1. The van der Waals surface area contributed by atoms with E-state index in [9.17, 15) is 19.7 Å². The molecule has 0 radical (unpaired) electrons.